The van der Waals surface area contributed by atoms with E-state index < -0.39 is 0 Å². The Bertz CT molecular complexity index is 435. The molecular formula is C17H26N2O. The highest BCUT2D eigenvalue weighted by molar-refractivity contribution is 5.21. The van der Waals surface area contributed by atoms with Gasteiger partial charge >= 0.3 is 0 Å². The first-order valence-electron chi connectivity index (χ1n) is 8.04. The number of hydrogen-bond acceptors (Lipinski definition) is 3. The van der Waals surface area contributed by atoms with Gasteiger partial charge in [-0.3, -0.25) is 4.98 Å². The van der Waals surface area contributed by atoms with Crippen LogP contribution in [-0.4, -0.2) is 23.2 Å². The van der Waals surface area contributed by atoms with Crippen molar-refractivity contribution in [2.45, 2.75) is 70.1 Å². The topological polar surface area (TPSA) is 34.2 Å². The van der Waals surface area contributed by atoms with Gasteiger partial charge in [-0.05, 0) is 49.8 Å². The number of aryl methyl sites for hydroxylation is 1. The highest BCUT2D eigenvalue weighted by Gasteiger charge is 2.38. The first kappa shape index (κ1) is 14.0. The van der Waals surface area contributed by atoms with Crippen LogP contribution in [0.4, 0.5) is 0 Å². The molecule has 0 amide bonds. The largest absolute Gasteiger partial charge is 0.375 e. The Balaban J connectivity index is 1.56. The monoisotopic (exact) mass is 274 g/mol. The van der Waals surface area contributed by atoms with Crippen molar-refractivity contribution in [2.24, 2.45) is 0 Å². The number of pyridine rings is 1. The summed E-state index contributed by atoms with van der Waals surface area (Å²) in [5.41, 5.74) is 2.84. The number of ether oxygens (including phenoxy) is 1. The summed E-state index contributed by atoms with van der Waals surface area (Å²) in [5, 5.41) is 3.74. The molecule has 1 aliphatic heterocycles. The molecule has 2 heterocycles. The maximum absolute atomic E-state index is 6.16. The number of nitrogens with zero attached hydrogens (tertiary/aromatic N) is 1. The summed E-state index contributed by atoms with van der Waals surface area (Å²) in [6.07, 6.45) is 12.8. The third kappa shape index (κ3) is 3.21. The molecule has 2 fully saturated rings. The van der Waals surface area contributed by atoms with Gasteiger partial charge in [-0.15, -0.1) is 0 Å². The van der Waals surface area contributed by atoms with E-state index in [0.717, 1.165) is 19.6 Å². The van der Waals surface area contributed by atoms with E-state index in [-0.39, 0.29) is 5.60 Å². The second-order valence-electron chi connectivity index (χ2n) is 6.46. The summed E-state index contributed by atoms with van der Waals surface area (Å²) in [6.45, 7) is 4.01. The lowest BCUT2D eigenvalue weighted by molar-refractivity contribution is -0.109. The van der Waals surface area contributed by atoms with Crippen molar-refractivity contribution >= 4 is 0 Å². The lowest BCUT2D eigenvalue weighted by Crippen LogP contribution is -2.47. The second kappa shape index (κ2) is 6.23. The van der Waals surface area contributed by atoms with Gasteiger partial charge in [0.1, 0.15) is 0 Å². The molecule has 2 aliphatic rings. The minimum Gasteiger partial charge on any atom is -0.375 e. The van der Waals surface area contributed by atoms with Crippen LogP contribution in [0, 0.1) is 6.92 Å². The van der Waals surface area contributed by atoms with Crippen LogP contribution < -0.4 is 5.32 Å². The normalized spacial score (nSPS) is 25.8. The summed E-state index contributed by atoms with van der Waals surface area (Å²) < 4.78 is 6.16. The Morgan fingerprint density at radius 1 is 1.35 bits per heavy atom. The summed E-state index contributed by atoms with van der Waals surface area (Å²) in [4.78, 5) is 4.16. The maximum atomic E-state index is 6.16. The molecule has 110 valence electrons. The number of aromatic nitrogens is 1. The van der Waals surface area contributed by atoms with Crippen LogP contribution in [0.5, 0.6) is 0 Å². The standard InChI is InChI=1S/C17H26N2O/c1-14-12-18-9-5-15(14)13-19-16-6-10-20-17(11-16)7-3-2-4-8-17/h5,9,12,16,19H,2-4,6-8,10-11,13H2,1H3. The van der Waals surface area contributed by atoms with E-state index in [1.807, 2.05) is 12.4 Å². The molecule has 3 nitrogen and oxygen atoms in total. The predicted molar refractivity (Wildman–Crippen MR) is 80.6 cm³/mol. The van der Waals surface area contributed by atoms with Gasteiger partial charge in [0, 0.05) is 31.6 Å². The highest BCUT2D eigenvalue weighted by atomic mass is 16.5. The first-order valence-corrected chi connectivity index (χ1v) is 8.04. The summed E-state index contributed by atoms with van der Waals surface area (Å²) >= 11 is 0. The van der Waals surface area contributed by atoms with E-state index in [2.05, 4.69) is 23.3 Å². The zero-order valence-corrected chi connectivity index (χ0v) is 12.5. The molecule has 1 aromatic heterocycles. The van der Waals surface area contributed by atoms with Crippen molar-refractivity contribution in [1.82, 2.24) is 10.3 Å². The van der Waals surface area contributed by atoms with Gasteiger partial charge < -0.3 is 10.1 Å². The molecular weight excluding hydrogens is 248 g/mol. The molecule has 1 saturated carbocycles. The van der Waals surface area contributed by atoms with Crippen LogP contribution in [0.3, 0.4) is 0 Å². The Hall–Kier alpha value is -0.930. The van der Waals surface area contributed by atoms with Crippen LogP contribution in [0.2, 0.25) is 0 Å². The van der Waals surface area contributed by atoms with Gasteiger partial charge in [-0.25, -0.2) is 0 Å². The molecule has 1 spiro atoms. The minimum atomic E-state index is 0.196. The first-order chi connectivity index (χ1) is 9.77. The zero-order valence-electron chi connectivity index (χ0n) is 12.5. The molecule has 1 unspecified atom stereocenters. The van der Waals surface area contributed by atoms with E-state index in [9.17, 15) is 0 Å². The lowest BCUT2D eigenvalue weighted by Gasteiger charge is -2.43. The SMILES string of the molecule is Cc1cnccc1CNC1CCOC2(CCCCC2)C1. The van der Waals surface area contributed by atoms with Crippen molar-refractivity contribution < 1.29 is 4.74 Å². The molecule has 3 heteroatoms. The summed E-state index contributed by atoms with van der Waals surface area (Å²) in [7, 11) is 0. The number of hydrogen-bond donors (Lipinski definition) is 1. The summed E-state index contributed by atoms with van der Waals surface area (Å²) in [5.74, 6) is 0. The van der Waals surface area contributed by atoms with Crippen LogP contribution >= 0.6 is 0 Å². The second-order valence-corrected chi connectivity index (χ2v) is 6.46. The fraction of sp³-hybridized carbons (Fsp3) is 0.706. The van der Waals surface area contributed by atoms with Gasteiger partial charge in [0.2, 0.25) is 0 Å². The molecule has 1 atom stereocenters. The number of rotatable bonds is 3. The fourth-order valence-electron chi connectivity index (χ4n) is 3.70. The molecule has 0 bridgehead atoms. The maximum Gasteiger partial charge on any atom is 0.0697 e. The third-order valence-electron chi connectivity index (χ3n) is 4.98. The average Bonchev–Trinajstić information content (AvgIpc) is 2.47. The highest BCUT2D eigenvalue weighted by Crippen LogP contribution is 2.38. The van der Waals surface area contributed by atoms with Gasteiger partial charge in [0.05, 0.1) is 5.60 Å². The van der Waals surface area contributed by atoms with E-state index in [0.29, 0.717) is 6.04 Å². The molecule has 1 N–H and O–H groups in total. The predicted octanol–water partition coefficient (Wildman–Crippen LogP) is 3.36. The molecule has 0 radical (unpaired) electrons. The van der Waals surface area contributed by atoms with Crippen molar-refractivity contribution in [3.63, 3.8) is 0 Å². The van der Waals surface area contributed by atoms with Crippen LogP contribution in [0.15, 0.2) is 18.5 Å². The fourth-order valence-corrected chi connectivity index (χ4v) is 3.70. The van der Waals surface area contributed by atoms with Crippen LogP contribution in [0.1, 0.15) is 56.1 Å². The Labute approximate surface area is 122 Å². The number of nitrogens with one attached hydrogen (secondary N) is 1. The Morgan fingerprint density at radius 2 is 2.20 bits per heavy atom. The van der Waals surface area contributed by atoms with Gasteiger partial charge in [0.25, 0.3) is 0 Å². The molecule has 1 aliphatic carbocycles. The van der Waals surface area contributed by atoms with Gasteiger partial charge in [-0.2, -0.15) is 0 Å². The van der Waals surface area contributed by atoms with Crippen molar-refractivity contribution in [1.29, 1.82) is 0 Å². The van der Waals surface area contributed by atoms with E-state index in [1.54, 1.807) is 0 Å². The zero-order chi connectivity index (χ0) is 13.8. The van der Waals surface area contributed by atoms with Gasteiger partial charge in [0.15, 0.2) is 0 Å². The van der Waals surface area contributed by atoms with Crippen molar-refractivity contribution in [3.05, 3.63) is 29.6 Å². The quantitative estimate of drug-likeness (QED) is 0.917. The van der Waals surface area contributed by atoms with Crippen LogP contribution in [-0.2, 0) is 11.3 Å². The van der Waals surface area contributed by atoms with E-state index in [1.165, 1.54) is 49.7 Å². The third-order valence-corrected chi connectivity index (χ3v) is 4.98. The van der Waals surface area contributed by atoms with Crippen molar-refractivity contribution in [3.8, 4) is 0 Å². The molecule has 1 saturated heterocycles. The van der Waals surface area contributed by atoms with E-state index in [4.69, 9.17) is 4.74 Å². The molecule has 20 heavy (non-hydrogen) atoms. The van der Waals surface area contributed by atoms with E-state index >= 15 is 0 Å². The molecule has 3 rings (SSSR count). The van der Waals surface area contributed by atoms with Gasteiger partial charge in [-0.1, -0.05) is 19.3 Å². The van der Waals surface area contributed by atoms with Crippen molar-refractivity contribution in [2.75, 3.05) is 6.61 Å². The minimum absolute atomic E-state index is 0.196. The Morgan fingerprint density at radius 3 is 3.00 bits per heavy atom. The van der Waals surface area contributed by atoms with Crippen LogP contribution in [0.25, 0.3) is 0 Å². The smallest absolute Gasteiger partial charge is 0.0697 e. The lowest BCUT2D eigenvalue weighted by atomic mass is 9.78. The Kier molecular flexibility index (Phi) is 4.37. The average molecular weight is 274 g/mol. The molecule has 0 aromatic carbocycles. The molecule has 1 aromatic rings. The summed E-state index contributed by atoms with van der Waals surface area (Å²) in [6, 6.07) is 2.73.